The van der Waals surface area contributed by atoms with Gasteiger partial charge in [0.15, 0.2) is 5.69 Å². The highest BCUT2D eigenvalue weighted by molar-refractivity contribution is 9.10. The number of hydrogen-bond acceptors (Lipinski definition) is 4. The maximum absolute atomic E-state index is 12.7. The van der Waals surface area contributed by atoms with E-state index in [0.29, 0.717) is 10.0 Å². The van der Waals surface area contributed by atoms with Crippen molar-refractivity contribution in [3.63, 3.8) is 0 Å². The highest BCUT2D eigenvalue weighted by atomic mass is 79.9. The highest BCUT2D eigenvalue weighted by Crippen LogP contribution is 2.30. The van der Waals surface area contributed by atoms with Crippen LogP contribution in [0.5, 0.6) is 0 Å². The Kier molecular flexibility index (Phi) is 4.65. The highest BCUT2D eigenvalue weighted by Gasteiger charge is 2.39. The van der Waals surface area contributed by atoms with Crippen LogP contribution in [0.25, 0.3) is 0 Å². The summed E-state index contributed by atoms with van der Waals surface area (Å²) in [6.07, 6.45) is -2.60. The largest absolute Gasteiger partial charge is 0.436 e. The second-order valence-corrected chi connectivity index (χ2v) is 5.05. The van der Waals surface area contributed by atoms with Gasteiger partial charge in [0.1, 0.15) is 5.56 Å². The molecule has 0 aliphatic heterocycles. The fourth-order valence-corrected chi connectivity index (χ4v) is 1.99. The molecule has 0 radical (unpaired) electrons. The fraction of sp³-hybridized carbons (Fsp3) is 0.154. The van der Waals surface area contributed by atoms with Gasteiger partial charge in [-0.05, 0) is 6.07 Å². The van der Waals surface area contributed by atoms with Crippen molar-refractivity contribution in [2.45, 2.75) is 6.18 Å². The Bertz CT molecular complexity index is 726. The number of carbonyl (C=O) groups is 1. The van der Waals surface area contributed by atoms with Gasteiger partial charge in [-0.2, -0.15) is 18.3 Å². The molecule has 1 aromatic carbocycles. The third kappa shape index (κ3) is 3.73. The smallest absolute Gasteiger partial charge is 0.313 e. The lowest BCUT2D eigenvalue weighted by Gasteiger charge is -2.03. The maximum Gasteiger partial charge on any atom is 0.436 e. The van der Waals surface area contributed by atoms with Crippen LogP contribution in [0.15, 0.2) is 40.1 Å². The minimum atomic E-state index is -4.75. The van der Waals surface area contributed by atoms with E-state index in [2.05, 4.69) is 31.0 Å². The zero-order chi connectivity index (χ0) is 16.3. The summed E-state index contributed by atoms with van der Waals surface area (Å²) in [5.74, 6) is -1.23. The first-order valence-electron chi connectivity index (χ1n) is 5.89. The number of benzene rings is 1. The molecule has 0 aliphatic rings. The van der Waals surface area contributed by atoms with Gasteiger partial charge in [-0.15, -0.1) is 0 Å². The third-order valence-electron chi connectivity index (χ3n) is 2.55. The number of aryl methyl sites for hydroxylation is 1. The SMILES string of the molecule is Cn1cc(C(=O)O/N=C/c2ccccc2Br)c(C(F)(F)F)n1. The van der Waals surface area contributed by atoms with Crippen LogP contribution in [0.3, 0.4) is 0 Å². The van der Waals surface area contributed by atoms with E-state index in [0.717, 1.165) is 10.9 Å². The molecule has 2 rings (SSSR count). The topological polar surface area (TPSA) is 56.5 Å². The molecule has 0 saturated carbocycles. The lowest BCUT2D eigenvalue weighted by molar-refractivity contribution is -0.142. The van der Waals surface area contributed by atoms with Crippen molar-refractivity contribution in [3.8, 4) is 0 Å². The van der Waals surface area contributed by atoms with E-state index in [1.165, 1.54) is 13.3 Å². The minimum absolute atomic E-state index is 0.609. The summed E-state index contributed by atoms with van der Waals surface area (Å²) in [6, 6.07) is 6.94. The predicted molar refractivity (Wildman–Crippen MR) is 75.4 cm³/mol. The number of halogens is 4. The molecule has 0 atom stereocenters. The number of alkyl halides is 3. The first kappa shape index (κ1) is 16.2. The molecule has 0 amide bonds. The van der Waals surface area contributed by atoms with Crippen molar-refractivity contribution in [1.29, 1.82) is 0 Å². The molecule has 0 aliphatic carbocycles. The Hall–Kier alpha value is -2.16. The molecule has 116 valence electrons. The summed E-state index contributed by atoms with van der Waals surface area (Å²) < 4.78 is 39.8. The van der Waals surface area contributed by atoms with Crippen molar-refractivity contribution < 1.29 is 22.8 Å². The Labute approximate surface area is 131 Å². The number of carbonyl (C=O) groups excluding carboxylic acids is 1. The zero-order valence-corrected chi connectivity index (χ0v) is 12.7. The van der Waals surface area contributed by atoms with E-state index >= 15 is 0 Å². The van der Waals surface area contributed by atoms with Gasteiger partial charge in [-0.3, -0.25) is 4.68 Å². The molecule has 5 nitrogen and oxygen atoms in total. The normalized spacial score (nSPS) is 11.9. The Morgan fingerprint density at radius 1 is 1.41 bits per heavy atom. The molecule has 2 aromatic rings. The van der Waals surface area contributed by atoms with Crippen molar-refractivity contribution >= 4 is 28.1 Å². The summed E-state index contributed by atoms with van der Waals surface area (Å²) >= 11 is 3.26. The maximum atomic E-state index is 12.7. The predicted octanol–water partition coefficient (Wildman–Crippen LogP) is 3.39. The molecule has 0 unspecified atom stereocenters. The van der Waals surface area contributed by atoms with Crippen molar-refractivity contribution in [2.75, 3.05) is 0 Å². The average Bonchev–Trinajstić information content (AvgIpc) is 2.83. The van der Waals surface area contributed by atoms with Gasteiger partial charge < -0.3 is 4.84 Å². The van der Waals surface area contributed by atoms with Crippen LogP contribution in [0.2, 0.25) is 0 Å². The minimum Gasteiger partial charge on any atom is -0.313 e. The van der Waals surface area contributed by atoms with Gasteiger partial charge in [0.25, 0.3) is 0 Å². The molecule has 0 fully saturated rings. The number of nitrogens with zero attached hydrogens (tertiary/aromatic N) is 3. The standard InChI is InChI=1S/C13H9BrF3N3O2/c1-20-7-9(11(19-20)13(15,16)17)12(21)22-18-6-8-4-2-3-5-10(8)14/h2-7H,1H3/b18-6+. The van der Waals surface area contributed by atoms with E-state index in [1.54, 1.807) is 24.3 Å². The van der Waals surface area contributed by atoms with E-state index < -0.39 is 23.4 Å². The molecule has 0 spiro atoms. The van der Waals surface area contributed by atoms with Crippen LogP contribution in [0.4, 0.5) is 13.2 Å². The summed E-state index contributed by atoms with van der Waals surface area (Å²) in [5.41, 5.74) is -1.40. The van der Waals surface area contributed by atoms with Gasteiger partial charge in [-0.1, -0.05) is 39.3 Å². The molecular weight excluding hydrogens is 367 g/mol. The average molecular weight is 376 g/mol. The number of oxime groups is 1. The van der Waals surface area contributed by atoms with Crippen LogP contribution in [-0.4, -0.2) is 22.0 Å². The van der Waals surface area contributed by atoms with E-state index in [9.17, 15) is 18.0 Å². The quantitative estimate of drug-likeness (QED) is 0.469. The molecule has 0 saturated heterocycles. The Morgan fingerprint density at radius 3 is 2.73 bits per heavy atom. The van der Waals surface area contributed by atoms with Crippen LogP contribution >= 0.6 is 15.9 Å². The zero-order valence-electron chi connectivity index (χ0n) is 11.1. The van der Waals surface area contributed by atoms with E-state index in [-0.39, 0.29) is 0 Å². The van der Waals surface area contributed by atoms with E-state index in [4.69, 9.17) is 0 Å². The molecule has 22 heavy (non-hydrogen) atoms. The third-order valence-corrected chi connectivity index (χ3v) is 3.27. The summed E-state index contributed by atoms with van der Waals surface area (Å²) in [6.45, 7) is 0. The van der Waals surface area contributed by atoms with Gasteiger partial charge in [0, 0.05) is 23.3 Å². The summed E-state index contributed by atoms with van der Waals surface area (Å²) in [7, 11) is 1.27. The Morgan fingerprint density at radius 2 is 2.09 bits per heavy atom. The van der Waals surface area contributed by atoms with Gasteiger partial charge in [0.2, 0.25) is 0 Å². The molecule has 0 bridgehead atoms. The van der Waals surface area contributed by atoms with Crippen LogP contribution in [0, 0.1) is 0 Å². The van der Waals surface area contributed by atoms with Crippen LogP contribution < -0.4 is 0 Å². The number of aromatic nitrogens is 2. The first-order chi connectivity index (χ1) is 10.3. The van der Waals surface area contributed by atoms with Gasteiger partial charge in [-0.25, -0.2) is 4.79 Å². The van der Waals surface area contributed by atoms with E-state index in [1.807, 2.05) is 0 Å². The molecule has 1 aromatic heterocycles. The van der Waals surface area contributed by atoms with Gasteiger partial charge in [0.05, 0.1) is 6.21 Å². The fourth-order valence-electron chi connectivity index (χ4n) is 1.61. The first-order valence-corrected chi connectivity index (χ1v) is 6.68. The van der Waals surface area contributed by atoms with Crippen molar-refractivity contribution in [1.82, 2.24) is 9.78 Å². The van der Waals surface area contributed by atoms with Gasteiger partial charge >= 0.3 is 12.1 Å². The molecule has 9 heteroatoms. The monoisotopic (exact) mass is 375 g/mol. The second-order valence-electron chi connectivity index (χ2n) is 4.20. The lowest BCUT2D eigenvalue weighted by atomic mass is 10.2. The molecule has 1 heterocycles. The summed E-state index contributed by atoms with van der Waals surface area (Å²) in [5, 5.41) is 6.62. The molecule has 0 N–H and O–H groups in total. The number of rotatable bonds is 3. The summed E-state index contributed by atoms with van der Waals surface area (Å²) in [4.78, 5) is 16.2. The molecular formula is C13H9BrF3N3O2. The van der Waals surface area contributed by atoms with Crippen LogP contribution in [0.1, 0.15) is 21.6 Å². The lowest BCUT2D eigenvalue weighted by Crippen LogP contribution is -2.13. The van der Waals surface area contributed by atoms with Crippen molar-refractivity contribution in [2.24, 2.45) is 12.2 Å². The van der Waals surface area contributed by atoms with Crippen LogP contribution in [-0.2, 0) is 18.1 Å². The Balaban J connectivity index is 2.15. The number of hydrogen-bond donors (Lipinski definition) is 0. The second kappa shape index (κ2) is 6.30. The van der Waals surface area contributed by atoms with Crippen molar-refractivity contribution in [3.05, 3.63) is 51.8 Å².